The van der Waals surface area contributed by atoms with E-state index in [0.29, 0.717) is 22.3 Å². The Balaban J connectivity index is 2.22. The second-order valence-electron chi connectivity index (χ2n) is 4.50. The first-order valence-corrected chi connectivity index (χ1v) is 6.92. The number of nitrogens with two attached hydrogens (primary N) is 1. The maximum atomic E-state index is 11.8. The zero-order valence-corrected chi connectivity index (χ0v) is 12.7. The van der Waals surface area contributed by atoms with Crippen LogP contribution in [0.1, 0.15) is 16.1 Å². The van der Waals surface area contributed by atoms with Crippen molar-refractivity contribution in [3.63, 3.8) is 0 Å². The van der Waals surface area contributed by atoms with Crippen molar-refractivity contribution in [3.05, 3.63) is 52.3 Å². The second-order valence-corrected chi connectivity index (χ2v) is 5.42. The third kappa shape index (κ3) is 2.53. The fraction of sp³-hybridized carbons (Fsp3) is 0.0714. The number of fused-ring (bicyclic) bond motifs is 1. The molecule has 1 aromatic carbocycles. The summed E-state index contributed by atoms with van der Waals surface area (Å²) in [6.07, 6.45) is 1.73. The highest BCUT2D eigenvalue weighted by molar-refractivity contribution is 9.10. The molecule has 0 saturated carbocycles. The molecule has 0 unspecified atom stereocenters. The van der Waals surface area contributed by atoms with Crippen LogP contribution in [-0.2, 0) is 4.84 Å². The van der Waals surface area contributed by atoms with Gasteiger partial charge in [-0.1, -0.05) is 22.0 Å². The summed E-state index contributed by atoms with van der Waals surface area (Å²) in [5.41, 5.74) is 1.88. The number of pyridine rings is 1. The van der Waals surface area contributed by atoms with E-state index in [1.165, 1.54) is 0 Å². The number of hydrogen-bond acceptors (Lipinski definition) is 5. The van der Waals surface area contributed by atoms with E-state index in [4.69, 9.17) is 5.90 Å². The summed E-state index contributed by atoms with van der Waals surface area (Å²) in [6.45, 7) is 1.90. The molecule has 0 amide bonds. The highest BCUT2D eigenvalue weighted by atomic mass is 79.9. The molecule has 0 aliphatic carbocycles. The maximum absolute atomic E-state index is 11.8. The van der Waals surface area contributed by atoms with Crippen LogP contribution in [-0.4, -0.2) is 20.7 Å². The largest absolute Gasteiger partial charge is 0.370 e. The zero-order valence-electron chi connectivity index (χ0n) is 11.1. The molecular weight excluding hydrogens is 336 g/mol. The van der Waals surface area contributed by atoms with E-state index < -0.39 is 5.97 Å². The van der Waals surface area contributed by atoms with Gasteiger partial charge in [-0.15, -0.1) is 0 Å². The van der Waals surface area contributed by atoms with Gasteiger partial charge in [0.1, 0.15) is 0 Å². The number of benzene rings is 1. The molecule has 3 aromatic rings. The van der Waals surface area contributed by atoms with Gasteiger partial charge in [0, 0.05) is 21.7 Å². The highest BCUT2D eigenvalue weighted by Crippen LogP contribution is 2.25. The Morgan fingerprint density at radius 3 is 2.90 bits per heavy atom. The van der Waals surface area contributed by atoms with Crippen LogP contribution >= 0.6 is 15.9 Å². The molecule has 3 rings (SSSR count). The molecule has 0 aliphatic rings. The van der Waals surface area contributed by atoms with Crippen LogP contribution < -0.4 is 5.90 Å². The fourth-order valence-electron chi connectivity index (χ4n) is 2.10. The summed E-state index contributed by atoms with van der Waals surface area (Å²) in [7, 11) is 0. The van der Waals surface area contributed by atoms with Crippen LogP contribution in [0.5, 0.6) is 0 Å². The standard InChI is InChI=1S/C14H11BrN4O2/c1-8-3-2-4-13(17-8)19-7-11-10(14(20)21-16)5-9(15)6-12(11)18-19/h2-7H,16H2,1H3. The van der Waals surface area contributed by atoms with E-state index in [9.17, 15) is 4.79 Å². The Morgan fingerprint density at radius 1 is 1.38 bits per heavy atom. The van der Waals surface area contributed by atoms with Gasteiger partial charge in [0.05, 0.1) is 11.1 Å². The average molecular weight is 347 g/mol. The number of carbonyl (C=O) groups is 1. The minimum Gasteiger partial charge on any atom is -0.370 e. The quantitative estimate of drug-likeness (QED) is 0.721. The van der Waals surface area contributed by atoms with Crippen LogP contribution in [0, 0.1) is 6.92 Å². The molecule has 6 nitrogen and oxygen atoms in total. The van der Waals surface area contributed by atoms with Crippen LogP contribution in [0.15, 0.2) is 41.0 Å². The average Bonchev–Trinajstić information content (AvgIpc) is 2.89. The summed E-state index contributed by atoms with van der Waals surface area (Å²) < 4.78 is 2.34. The van der Waals surface area contributed by atoms with E-state index in [0.717, 1.165) is 10.2 Å². The predicted molar refractivity (Wildman–Crippen MR) is 80.9 cm³/mol. The first kappa shape index (κ1) is 13.7. The minimum absolute atomic E-state index is 0.348. The number of carbonyl (C=O) groups excluding carboxylic acids is 1. The molecule has 7 heteroatoms. The van der Waals surface area contributed by atoms with Crippen molar-refractivity contribution in [1.29, 1.82) is 0 Å². The molecule has 0 atom stereocenters. The molecule has 0 bridgehead atoms. The van der Waals surface area contributed by atoms with Gasteiger partial charge in [-0.3, -0.25) is 0 Å². The van der Waals surface area contributed by atoms with E-state index >= 15 is 0 Å². The van der Waals surface area contributed by atoms with Crippen molar-refractivity contribution in [1.82, 2.24) is 14.8 Å². The molecule has 0 aliphatic heterocycles. The van der Waals surface area contributed by atoms with Crippen LogP contribution in [0.4, 0.5) is 0 Å². The van der Waals surface area contributed by atoms with E-state index in [2.05, 4.69) is 30.9 Å². The molecule has 2 heterocycles. The van der Waals surface area contributed by atoms with Crippen molar-refractivity contribution in [2.75, 3.05) is 0 Å². The number of halogens is 1. The minimum atomic E-state index is -0.613. The van der Waals surface area contributed by atoms with E-state index in [1.807, 2.05) is 31.2 Å². The van der Waals surface area contributed by atoms with Crippen LogP contribution in [0.2, 0.25) is 0 Å². The topological polar surface area (TPSA) is 83.0 Å². The van der Waals surface area contributed by atoms with Gasteiger partial charge in [-0.25, -0.2) is 14.5 Å². The smallest absolute Gasteiger partial charge is 0.357 e. The molecule has 0 radical (unpaired) electrons. The lowest BCUT2D eigenvalue weighted by molar-refractivity contribution is 0.0505. The third-order valence-electron chi connectivity index (χ3n) is 3.03. The summed E-state index contributed by atoms with van der Waals surface area (Å²) in [5, 5.41) is 5.09. The lowest BCUT2D eigenvalue weighted by Crippen LogP contribution is -2.10. The lowest BCUT2D eigenvalue weighted by atomic mass is 10.1. The number of nitrogens with zero attached hydrogens (tertiary/aromatic N) is 3. The molecule has 0 saturated heterocycles. The van der Waals surface area contributed by atoms with Gasteiger partial charge in [-0.05, 0) is 31.2 Å². The fourth-order valence-corrected chi connectivity index (χ4v) is 2.54. The van der Waals surface area contributed by atoms with Gasteiger partial charge in [-0.2, -0.15) is 11.0 Å². The summed E-state index contributed by atoms with van der Waals surface area (Å²) >= 11 is 3.34. The van der Waals surface area contributed by atoms with Crippen molar-refractivity contribution in [3.8, 4) is 5.82 Å². The number of aryl methyl sites for hydroxylation is 1. The lowest BCUT2D eigenvalue weighted by Gasteiger charge is -2.00. The summed E-state index contributed by atoms with van der Waals surface area (Å²) in [6, 6.07) is 9.10. The molecule has 0 fully saturated rings. The molecule has 2 N–H and O–H groups in total. The monoisotopic (exact) mass is 346 g/mol. The molecule has 0 spiro atoms. The highest BCUT2D eigenvalue weighted by Gasteiger charge is 2.15. The first-order valence-electron chi connectivity index (χ1n) is 6.12. The van der Waals surface area contributed by atoms with Crippen molar-refractivity contribution < 1.29 is 9.63 Å². The number of aromatic nitrogens is 3. The predicted octanol–water partition coefficient (Wildman–Crippen LogP) is 2.52. The van der Waals surface area contributed by atoms with Crippen LogP contribution in [0.3, 0.4) is 0 Å². The zero-order chi connectivity index (χ0) is 15.0. The molecule has 106 valence electrons. The second kappa shape index (κ2) is 5.27. The molecule has 2 aromatic heterocycles. The summed E-state index contributed by atoms with van der Waals surface area (Å²) in [5.74, 6) is 5.04. The normalized spacial score (nSPS) is 10.8. The SMILES string of the molecule is Cc1cccc(-n2cc3c(C(=O)ON)cc(Br)cc3n2)n1. The Labute approximate surface area is 128 Å². The number of rotatable bonds is 2. The van der Waals surface area contributed by atoms with Crippen LogP contribution in [0.25, 0.3) is 16.7 Å². The Morgan fingerprint density at radius 2 is 2.19 bits per heavy atom. The first-order chi connectivity index (χ1) is 10.1. The molecular formula is C14H11BrN4O2. The van der Waals surface area contributed by atoms with Crippen molar-refractivity contribution >= 4 is 32.8 Å². The van der Waals surface area contributed by atoms with Gasteiger partial charge in [0.2, 0.25) is 0 Å². The molecule has 21 heavy (non-hydrogen) atoms. The van der Waals surface area contributed by atoms with E-state index in [-0.39, 0.29) is 0 Å². The third-order valence-corrected chi connectivity index (χ3v) is 3.48. The van der Waals surface area contributed by atoms with Gasteiger partial charge >= 0.3 is 5.97 Å². The number of hydrogen-bond donors (Lipinski definition) is 1. The van der Waals surface area contributed by atoms with Gasteiger partial charge < -0.3 is 4.84 Å². The van der Waals surface area contributed by atoms with Gasteiger partial charge in [0.25, 0.3) is 0 Å². The Hall–Kier alpha value is -2.25. The van der Waals surface area contributed by atoms with E-state index in [1.54, 1.807) is 16.9 Å². The van der Waals surface area contributed by atoms with Crippen molar-refractivity contribution in [2.24, 2.45) is 5.90 Å². The summed E-state index contributed by atoms with van der Waals surface area (Å²) in [4.78, 5) is 20.5. The Bertz CT molecular complexity index is 844. The van der Waals surface area contributed by atoms with Gasteiger partial charge in [0.15, 0.2) is 5.82 Å². The van der Waals surface area contributed by atoms with Crippen molar-refractivity contribution in [2.45, 2.75) is 6.92 Å². The maximum Gasteiger partial charge on any atom is 0.357 e. The Kier molecular flexibility index (Phi) is 3.44.